The Hall–Kier alpha value is -2.33. The molecule has 1 fully saturated rings. The Kier molecular flexibility index (Phi) is 5.21. The van der Waals surface area contributed by atoms with Crippen LogP contribution in [-0.2, 0) is 26.1 Å². The highest BCUT2D eigenvalue weighted by atomic mass is 32.1. The van der Waals surface area contributed by atoms with E-state index < -0.39 is 0 Å². The molecule has 4 heterocycles. The first-order valence-corrected chi connectivity index (χ1v) is 12.4. The van der Waals surface area contributed by atoms with Gasteiger partial charge in [0.25, 0.3) is 10.4 Å². The summed E-state index contributed by atoms with van der Waals surface area (Å²) in [4.78, 5) is 28.2. The number of aryl methyl sites for hydroxylation is 2. The Morgan fingerprint density at radius 2 is 1.88 bits per heavy atom. The molecule has 0 saturated carbocycles. The topological polar surface area (TPSA) is 70.3 Å². The van der Waals surface area contributed by atoms with Gasteiger partial charge in [0, 0.05) is 31.1 Å². The number of rotatable bonds is 4. The number of nitrogens with one attached hydrogen (secondary N) is 1. The van der Waals surface area contributed by atoms with Crippen molar-refractivity contribution in [1.82, 2.24) is 24.3 Å². The van der Waals surface area contributed by atoms with E-state index in [1.54, 1.807) is 11.3 Å². The van der Waals surface area contributed by atoms with Gasteiger partial charge in [-0.1, -0.05) is 12.1 Å². The average molecular weight is 468 g/mol. The van der Waals surface area contributed by atoms with Gasteiger partial charge in [-0.3, -0.25) is 19.2 Å². The van der Waals surface area contributed by atoms with Crippen LogP contribution >= 0.6 is 23.6 Å². The lowest BCUT2D eigenvalue weighted by Crippen LogP contribution is -2.46. The highest BCUT2D eigenvalue weighted by Gasteiger charge is 2.22. The molecule has 6 rings (SSSR count). The number of oxazole rings is 1. The van der Waals surface area contributed by atoms with E-state index >= 15 is 0 Å². The summed E-state index contributed by atoms with van der Waals surface area (Å²) in [5.74, 6) is 0.776. The number of benzene rings is 1. The van der Waals surface area contributed by atoms with Crippen LogP contribution in [-0.4, -0.2) is 50.5 Å². The van der Waals surface area contributed by atoms with E-state index in [0.717, 1.165) is 72.8 Å². The van der Waals surface area contributed by atoms with Crippen LogP contribution in [0.2, 0.25) is 0 Å². The zero-order valence-electron chi connectivity index (χ0n) is 17.8. The van der Waals surface area contributed by atoms with Crippen LogP contribution in [0.1, 0.15) is 29.1 Å². The predicted molar refractivity (Wildman–Crippen MR) is 129 cm³/mol. The summed E-state index contributed by atoms with van der Waals surface area (Å²) in [5.41, 5.74) is 3.14. The molecule has 0 radical (unpaired) electrons. The Labute approximate surface area is 194 Å². The van der Waals surface area contributed by atoms with Gasteiger partial charge in [-0.05, 0) is 55.6 Å². The molecule has 1 aliphatic heterocycles. The molecule has 9 heteroatoms. The standard InChI is InChI=1S/C23H25N5O2S2/c29-21-20-15-5-1-4-8-18(15)32-22(20)25-19(24-21)13-26-9-11-27(12-10-26)14-28-16-6-2-3-7-17(16)30-23(28)31/h2-3,6-7H,1,4-5,8-14H2,(H,24,25,29). The van der Waals surface area contributed by atoms with E-state index in [1.165, 1.54) is 23.3 Å². The second kappa shape index (κ2) is 8.22. The molecule has 0 unspecified atom stereocenters. The third-order valence-electron chi connectivity index (χ3n) is 6.63. The fourth-order valence-corrected chi connectivity index (χ4v) is 6.46. The fraction of sp³-hybridized carbons (Fsp3) is 0.435. The van der Waals surface area contributed by atoms with E-state index in [4.69, 9.17) is 21.6 Å². The molecule has 0 spiro atoms. The minimum Gasteiger partial charge on any atom is -0.429 e. The molecule has 0 amide bonds. The molecule has 1 aromatic carbocycles. The van der Waals surface area contributed by atoms with Gasteiger partial charge >= 0.3 is 0 Å². The van der Waals surface area contributed by atoms with Crippen LogP contribution in [0, 0.1) is 4.84 Å². The van der Waals surface area contributed by atoms with Gasteiger partial charge in [0.1, 0.15) is 10.7 Å². The molecule has 7 nitrogen and oxygen atoms in total. The van der Waals surface area contributed by atoms with Crippen molar-refractivity contribution in [1.29, 1.82) is 0 Å². The number of piperazine rings is 1. The smallest absolute Gasteiger partial charge is 0.270 e. The molecule has 166 valence electrons. The molecule has 0 atom stereocenters. The Morgan fingerprint density at radius 3 is 2.75 bits per heavy atom. The summed E-state index contributed by atoms with van der Waals surface area (Å²) in [5, 5.41) is 0.836. The van der Waals surface area contributed by atoms with Crippen LogP contribution in [0.3, 0.4) is 0 Å². The highest BCUT2D eigenvalue weighted by Crippen LogP contribution is 2.33. The molecular formula is C23H25N5O2S2. The largest absolute Gasteiger partial charge is 0.429 e. The number of nitrogens with zero attached hydrogens (tertiary/aromatic N) is 4. The lowest BCUT2D eigenvalue weighted by atomic mass is 9.97. The number of thiophene rings is 1. The highest BCUT2D eigenvalue weighted by molar-refractivity contribution is 7.71. The predicted octanol–water partition coefficient (Wildman–Crippen LogP) is 3.92. The summed E-state index contributed by atoms with van der Waals surface area (Å²) in [6.45, 7) is 5.11. The van der Waals surface area contributed by atoms with E-state index in [-0.39, 0.29) is 5.56 Å². The lowest BCUT2D eigenvalue weighted by molar-refractivity contribution is 0.101. The van der Waals surface area contributed by atoms with Crippen LogP contribution in [0.4, 0.5) is 0 Å². The maximum absolute atomic E-state index is 12.8. The van der Waals surface area contributed by atoms with Crippen molar-refractivity contribution in [3.8, 4) is 0 Å². The van der Waals surface area contributed by atoms with E-state index in [2.05, 4.69) is 19.4 Å². The van der Waals surface area contributed by atoms with E-state index in [9.17, 15) is 4.79 Å². The van der Waals surface area contributed by atoms with Gasteiger partial charge in [0.2, 0.25) is 0 Å². The van der Waals surface area contributed by atoms with Gasteiger partial charge in [0.05, 0.1) is 24.1 Å². The number of hydrogen-bond acceptors (Lipinski definition) is 7. The zero-order chi connectivity index (χ0) is 21.7. The second-order valence-corrected chi connectivity index (χ2v) is 10.1. The maximum atomic E-state index is 12.8. The summed E-state index contributed by atoms with van der Waals surface area (Å²) in [7, 11) is 0. The summed E-state index contributed by atoms with van der Waals surface area (Å²) < 4.78 is 7.78. The van der Waals surface area contributed by atoms with E-state index in [0.29, 0.717) is 11.4 Å². The normalized spacial score (nSPS) is 17.9. The first-order chi connectivity index (χ1) is 15.7. The van der Waals surface area contributed by atoms with Crippen molar-refractivity contribution < 1.29 is 4.42 Å². The molecule has 3 aromatic heterocycles. The lowest BCUT2D eigenvalue weighted by Gasteiger charge is -2.34. The Bertz CT molecular complexity index is 1410. The van der Waals surface area contributed by atoms with Crippen LogP contribution in [0.25, 0.3) is 21.3 Å². The van der Waals surface area contributed by atoms with Crippen molar-refractivity contribution in [2.75, 3.05) is 26.2 Å². The van der Waals surface area contributed by atoms with Crippen molar-refractivity contribution in [2.45, 2.75) is 38.9 Å². The number of aromatic amines is 1. The first kappa shape index (κ1) is 20.3. The first-order valence-electron chi connectivity index (χ1n) is 11.2. The quantitative estimate of drug-likeness (QED) is 0.459. The molecule has 0 bridgehead atoms. The number of aromatic nitrogens is 3. The van der Waals surface area contributed by atoms with Crippen LogP contribution in [0.15, 0.2) is 33.5 Å². The summed E-state index contributed by atoms with van der Waals surface area (Å²) in [6, 6.07) is 7.97. The molecule has 32 heavy (non-hydrogen) atoms. The number of hydrogen-bond donors (Lipinski definition) is 1. The summed E-state index contributed by atoms with van der Waals surface area (Å²) in [6.07, 6.45) is 4.49. The second-order valence-electron chi connectivity index (χ2n) is 8.70. The van der Waals surface area contributed by atoms with Crippen LogP contribution < -0.4 is 5.56 Å². The molecular weight excluding hydrogens is 442 g/mol. The van der Waals surface area contributed by atoms with Crippen LogP contribution in [0.5, 0.6) is 0 Å². The molecule has 4 aromatic rings. The molecule has 2 aliphatic rings. The van der Waals surface area contributed by atoms with E-state index in [1.807, 2.05) is 24.3 Å². The molecule has 1 aliphatic carbocycles. The van der Waals surface area contributed by atoms with Gasteiger partial charge in [-0.25, -0.2) is 4.98 Å². The third-order valence-corrected chi connectivity index (χ3v) is 8.12. The Morgan fingerprint density at radius 1 is 1.09 bits per heavy atom. The van der Waals surface area contributed by atoms with Gasteiger partial charge in [-0.2, -0.15) is 0 Å². The maximum Gasteiger partial charge on any atom is 0.270 e. The van der Waals surface area contributed by atoms with Crippen molar-refractivity contribution in [2.24, 2.45) is 0 Å². The minimum absolute atomic E-state index is 0.0317. The average Bonchev–Trinajstić information content (AvgIpc) is 3.32. The fourth-order valence-electron chi connectivity index (χ4n) is 4.93. The number of fused-ring (bicyclic) bond motifs is 4. The zero-order valence-corrected chi connectivity index (χ0v) is 19.4. The minimum atomic E-state index is 0.0317. The monoisotopic (exact) mass is 467 g/mol. The molecule has 1 saturated heterocycles. The molecule has 1 N–H and O–H groups in total. The third kappa shape index (κ3) is 3.63. The van der Waals surface area contributed by atoms with Crippen molar-refractivity contribution in [3.63, 3.8) is 0 Å². The van der Waals surface area contributed by atoms with Gasteiger partial charge in [-0.15, -0.1) is 11.3 Å². The Balaban J connectivity index is 1.14. The SMILES string of the molecule is O=c1[nH]c(CN2CCN(Cn3c(=S)oc4ccccc43)CC2)nc2sc3c(c12)CCCC3. The van der Waals surface area contributed by atoms with Crippen molar-refractivity contribution >= 4 is 44.9 Å². The van der Waals surface area contributed by atoms with Crippen molar-refractivity contribution in [3.05, 3.63) is 55.7 Å². The van der Waals surface area contributed by atoms with Gasteiger partial charge in [0.15, 0.2) is 5.58 Å². The number of H-pyrrole nitrogens is 1. The van der Waals surface area contributed by atoms with Gasteiger partial charge < -0.3 is 9.40 Å². The summed E-state index contributed by atoms with van der Waals surface area (Å²) >= 11 is 7.15. The number of para-hydroxylation sites is 2.